The largest absolute Gasteiger partial charge is 0.478 e. The third-order valence-electron chi connectivity index (χ3n) is 3.14. The van der Waals surface area contributed by atoms with E-state index in [0.29, 0.717) is 11.4 Å². The number of nitrogen functional groups attached to an aromatic ring is 2. The van der Waals surface area contributed by atoms with Crippen molar-refractivity contribution in [1.29, 1.82) is 0 Å². The van der Waals surface area contributed by atoms with Crippen LogP contribution in [0.3, 0.4) is 0 Å². The van der Waals surface area contributed by atoms with E-state index in [9.17, 15) is 9.59 Å². The maximum atomic E-state index is 10.6. The van der Waals surface area contributed by atoms with Crippen molar-refractivity contribution < 1.29 is 19.8 Å². The van der Waals surface area contributed by atoms with Crippen LogP contribution in [-0.4, -0.2) is 22.2 Å². The summed E-state index contributed by atoms with van der Waals surface area (Å²) in [5, 5.41) is 17.3. The second-order valence-corrected chi connectivity index (χ2v) is 6.08. The normalized spacial score (nSPS) is 9.70. The highest BCUT2D eigenvalue weighted by molar-refractivity contribution is 14.1. The highest BCUT2D eigenvalue weighted by Crippen LogP contribution is 2.20. The predicted octanol–water partition coefficient (Wildman–Crippen LogP) is 3.16. The topological polar surface area (TPSA) is 127 Å². The summed E-state index contributed by atoms with van der Waals surface area (Å²) in [5.74, 6) is -1.96. The van der Waals surface area contributed by atoms with Crippen molar-refractivity contribution in [3.8, 4) is 0 Å². The molecule has 0 heterocycles. The van der Waals surface area contributed by atoms with Gasteiger partial charge in [-0.1, -0.05) is 12.1 Å². The average molecular weight is 428 g/mol. The molecule has 0 aliphatic rings. The van der Waals surface area contributed by atoms with Crippen molar-refractivity contribution in [2.45, 2.75) is 13.8 Å². The summed E-state index contributed by atoms with van der Waals surface area (Å²) in [7, 11) is 0. The summed E-state index contributed by atoms with van der Waals surface area (Å²) in [6.45, 7) is 3.58. The van der Waals surface area contributed by atoms with Crippen LogP contribution in [0.25, 0.3) is 0 Å². The van der Waals surface area contributed by atoms with Gasteiger partial charge in [0.25, 0.3) is 0 Å². The fourth-order valence-corrected chi connectivity index (χ4v) is 2.58. The lowest BCUT2D eigenvalue weighted by Crippen LogP contribution is -2.04. The number of carboxylic acid groups (broad SMARTS) is 2. The number of halogens is 1. The second kappa shape index (κ2) is 7.82. The number of para-hydroxylation sites is 1. The molecule has 0 radical (unpaired) electrons. The number of anilines is 2. The molecule has 0 saturated carbocycles. The van der Waals surface area contributed by atoms with Gasteiger partial charge in [0.15, 0.2) is 0 Å². The first kappa shape index (κ1) is 18.8. The Morgan fingerprint density at radius 2 is 1.43 bits per heavy atom. The molecule has 0 aromatic heterocycles. The molecular weight excluding hydrogens is 411 g/mol. The zero-order chi connectivity index (χ0) is 17.7. The van der Waals surface area contributed by atoms with Gasteiger partial charge in [0.2, 0.25) is 0 Å². The molecule has 0 aliphatic carbocycles. The quantitative estimate of drug-likeness (QED) is 0.430. The predicted molar refractivity (Wildman–Crippen MR) is 97.8 cm³/mol. The molecule has 0 fully saturated rings. The number of hydrogen-bond donors (Lipinski definition) is 4. The zero-order valence-corrected chi connectivity index (χ0v) is 14.8. The molecule has 0 aliphatic heterocycles. The molecule has 0 amide bonds. The molecule has 0 spiro atoms. The van der Waals surface area contributed by atoms with Crippen LogP contribution in [0.2, 0.25) is 0 Å². The Morgan fingerprint density at radius 1 is 0.913 bits per heavy atom. The Kier molecular flexibility index (Phi) is 6.38. The Morgan fingerprint density at radius 3 is 1.91 bits per heavy atom. The second-order valence-electron chi connectivity index (χ2n) is 4.83. The first-order valence-electron chi connectivity index (χ1n) is 6.52. The summed E-state index contributed by atoms with van der Waals surface area (Å²) in [5.41, 5.74) is 13.7. The summed E-state index contributed by atoms with van der Waals surface area (Å²) < 4.78 is 0.886. The van der Waals surface area contributed by atoms with E-state index < -0.39 is 11.9 Å². The monoisotopic (exact) mass is 428 g/mol. The van der Waals surface area contributed by atoms with E-state index in [4.69, 9.17) is 21.7 Å². The van der Waals surface area contributed by atoms with Crippen molar-refractivity contribution in [3.63, 3.8) is 0 Å². The van der Waals surface area contributed by atoms with Crippen LogP contribution >= 0.6 is 22.6 Å². The minimum absolute atomic E-state index is 0.171. The summed E-state index contributed by atoms with van der Waals surface area (Å²) in [6.07, 6.45) is 0. The van der Waals surface area contributed by atoms with Gasteiger partial charge in [-0.05, 0) is 65.8 Å². The van der Waals surface area contributed by atoms with Crippen molar-refractivity contribution in [1.82, 2.24) is 0 Å². The van der Waals surface area contributed by atoms with E-state index in [1.54, 1.807) is 32.0 Å². The van der Waals surface area contributed by atoms with Gasteiger partial charge in [-0.3, -0.25) is 0 Å². The number of carbonyl (C=O) groups is 2. The van der Waals surface area contributed by atoms with Crippen molar-refractivity contribution in [2.24, 2.45) is 0 Å². The molecular formula is C16H17IN2O4. The Balaban J connectivity index is 0.000000231. The van der Waals surface area contributed by atoms with E-state index in [-0.39, 0.29) is 11.1 Å². The number of hydrogen-bond acceptors (Lipinski definition) is 4. The Hall–Kier alpha value is -2.29. The van der Waals surface area contributed by atoms with Gasteiger partial charge in [0.05, 0.1) is 11.1 Å². The minimum atomic E-state index is -0.980. The summed E-state index contributed by atoms with van der Waals surface area (Å²) in [4.78, 5) is 21.1. The number of aromatic carboxylic acids is 2. The number of rotatable bonds is 2. The molecule has 0 bridgehead atoms. The van der Waals surface area contributed by atoms with E-state index >= 15 is 0 Å². The smallest absolute Gasteiger partial charge is 0.337 e. The van der Waals surface area contributed by atoms with Gasteiger partial charge in [-0.25, -0.2) is 9.59 Å². The van der Waals surface area contributed by atoms with Gasteiger partial charge >= 0.3 is 11.9 Å². The van der Waals surface area contributed by atoms with Crippen molar-refractivity contribution in [2.75, 3.05) is 11.5 Å². The Bertz CT molecular complexity index is 760. The lowest BCUT2D eigenvalue weighted by Gasteiger charge is -2.04. The summed E-state index contributed by atoms with van der Waals surface area (Å²) >= 11 is 2.06. The lowest BCUT2D eigenvalue weighted by molar-refractivity contribution is 0.0687. The van der Waals surface area contributed by atoms with Crippen LogP contribution in [0.1, 0.15) is 31.8 Å². The first-order chi connectivity index (χ1) is 10.6. The van der Waals surface area contributed by atoms with Gasteiger partial charge in [0, 0.05) is 14.9 Å². The van der Waals surface area contributed by atoms with E-state index in [1.165, 1.54) is 6.07 Å². The van der Waals surface area contributed by atoms with Gasteiger partial charge in [0.1, 0.15) is 0 Å². The molecule has 0 atom stereocenters. The third kappa shape index (κ3) is 4.85. The molecule has 2 rings (SSSR count). The molecule has 23 heavy (non-hydrogen) atoms. The molecule has 0 unspecified atom stereocenters. The maximum Gasteiger partial charge on any atom is 0.337 e. The summed E-state index contributed by atoms with van der Waals surface area (Å²) in [6, 6.07) is 8.36. The van der Waals surface area contributed by atoms with Crippen LogP contribution in [0.15, 0.2) is 30.3 Å². The molecule has 122 valence electrons. The van der Waals surface area contributed by atoms with Crippen LogP contribution in [0, 0.1) is 17.4 Å². The molecule has 0 saturated heterocycles. The number of nitrogens with two attached hydrogens (primary N) is 2. The lowest BCUT2D eigenvalue weighted by atomic mass is 10.1. The molecule has 2 aromatic rings. The highest BCUT2D eigenvalue weighted by Gasteiger charge is 2.10. The van der Waals surface area contributed by atoms with Crippen molar-refractivity contribution >= 4 is 45.9 Å². The van der Waals surface area contributed by atoms with E-state index in [0.717, 1.165) is 14.7 Å². The van der Waals surface area contributed by atoms with E-state index in [2.05, 4.69) is 22.6 Å². The van der Waals surface area contributed by atoms with Gasteiger partial charge in [-0.2, -0.15) is 0 Å². The number of aryl methyl sites for hydroxylation is 2. The van der Waals surface area contributed by atoms with E-state index in [1.807, 2.05) is 6.07 Å². The minimum Gasteiger partial charge on any atom is -0.478 e. The van der Waals surface area contributed by atoms with Crippen LogP contribution < -0.4 is 11.5 Å². The first-order valence-corrected chi connectivity index (χ1v) is 7.60. The van der Waals surface area contributed by atoms with Crippen LogP contribution in [0.5, 0.6) is 0 Å². The van der Waals surface area contributed by atoms with Crippen LogP contribution in [-0.2, 0) is 0 Å². The van der Waals surface area contributed by atoms with Gasteiger partial charge < -0.3 is 21.7 Å². The highest BCUT2D eigenvalue weighted by atomic mass is 127. The molecule has 2 aromatic carbocycles. The van der Waals surface area contributed by atoms with Gasteiger partial charge in [-0.15, -0.1) is 0 Å². The molecule has 7 heteroatoms. The van der Waals surface area contributed by atoms with Crippen molar-refractivity contribution in [3.05, 3.63) is 56.2 Å². The fraction of sp³-hybridized carbons (Fsp3) is 0.125. The average Bonchev–Trinajstić information content (AvgIpc) is 2.46. The Labute approximate surface area is 147 Å². The molecule has 6 nitrogen and oxygen atoms in total. The standard InChI is InChI=1S/C8H8INO2.C8H9NO2/c1-4-2-5(9)3-6(7(4)10)8(11)12;1-5-3-2-4-6(7(5)9)8(10)11/h2-3H,10H2,1H3,(H,11,12);2-4H,9H2,1H3,(H,10,11). The number of benzene rings is 2. The zero-order valence-electron chi connectivity index (χ0n) is 12.6. The third-order valence-corrected chi connectivity index (χ3v) is 3.76. The number of carboxylic acids is 2. The molecule has 6 N–H and O–H groups in total. The SMILES string of the molecule is Cc1cc(I)cc(C(=O)O)c1N.Cc1cccc(C(=O)O)c1N. The van der Waals surface area contributed by atoms with Crippen LogP contribution in [0.4, 0.5) is 11.4 Å². The maximum absolute atomic E-state index is 10.6. The fourth-order valence-electron chi connectivity index (χ4n) is 1.80.